The standard InChI is InChI=1S/C21H17ClFN5O5/c1-2-33-21(32)11-3-5-12(6-4-11)24-16(29)10-27-18-17(25-26-27)19(30)28(20(18)31)13-7-8-15(23)14(22)9-13/h3-9,17-18H,2,10H2,1H3,(H,24,29)/t17-,18-/m1/s1. The van der Waals surface area contributed by atoms with Crippen molar-refractivity contribution in [2.24, 2.45) is 10.3 Å². The zero-order chi connectivity index (χ0) is 23.7. The molecule has 0 unspecified atom stereocenters. The topological polar surface area (TPSA) is 121 Å². The maximum atomic E-state index is 13.5. The van der Waals surface area contributed by atoms with Crippen molar-refractivity contribution >= 4 is 46.7 Å². The molecule has 2 aromatic carbocycles. The van der Waals surface area contributed by atoms with Gasteiger partial charge < -0.3 is 10.1 Å². The van der Waals surface area contributed by atoms with Gasteiger partial charge in [0.25, 0.3) is 11.8 Å². The molecule has 3 amide bonds. The van der Waals surface area contributed by atoms with Gasteiger partial charge in [0.2, 0.25) is 5.91 Å². The van der Waals surface area contributed by atoms with Crippen molar-refractivity contribution in [3.05, 3.63) is 58.9 Å². The zero-order valence-electron chi connectivity index (χ0n) is 17.2. The first-order chi connectivity index (χ1) is 15.8. The van der Waals surface area contributed by atoms with Gasteiger partial charge in [-0.3, -0.25) is 19.4 Å². The molecule has 10 nitrogen and oxygen atoms in total. The lowest BCUT2D eigenvalue weighted by atomic mass is 10.1. The van der Waals surface area contributed by atoms with Crippen LogP contribution in [0.4, 0.5) is 15.8 Å². The second-order valence-electron chi connectivity index (χ2n) is 7.15. The van der Waals surface area contributed by atoms with Crippen LogP contribution in [0.2, 0.25) is 5.02 Å². The number of esters is 1. The van der Waals surface area contributed by atoms with E-state index in [1.165, 1.54) is 36.4 Å². The molecule has 1 N–H and O–H groups in total. The Morgan fingerprint density at radius 3 is 2.55 bits per heavy atom. The molecule has 0 saturated carbocycles. The summed E-state index contributed by atoms with van der Waals surface area (Å²) in [4.78, 5) is 50.7. The van der Waals surface area contributed by atoms with Crippen molar-refractivity contribution in [3.63, 3.8) is 0 Å². The second kappa shape index (κ2) is 8.94. The van der Waals surface area contributed by atoms with Crippen LogP contribution >= 0.6 is 11.6 Å². The van der Waals surface area contributed by atoms with E-state index in [1.54, 1.807) is 6.92 Å². The molecule has 2 aliphatic rings. The van der Waals surface area contributed by atoms with Crippen LogP contribution in [0.25, 0.3) is 0 Å². The van der Waals surface area contributed by atoms with E-state index in [9.17, 15) is 23.6 Å². The molecule has 0 radical (unpaired) electrons. The summed E-state index contributed by atoms with van der Waals surface area (Å²) in [5.74, 6) is -2.97. The molecule has 0 aromatic heterocycles. The van der Waals surface area contributed by atoms with Crippen LogP contribution in [0.5, 0.6) is 0 Å². The van der Waals surface area contributed by atoms with Gasteiger partial charge in [0.05, 0.1) is 22.9 Å². The predicted molar refractivity (Wildman–Crippen MR) is 114 cm³/mol. The molecule has 2 heterocycles. The van der Waals surface area contributed by atoms with Crippen LogP contribution in [0.1, 0.15) is 17.3 Å². The monoisotopic (exact) mass is 473 g/mol. The van der Waals surface area contributed by atoms with Crippen LogP contribution in [-0.4, -0.2) is 53.9 Å². The van der Waals surface area contributed by atoms with Gasteiger partial charge in [-0.05, 0) is 49.4 Å². The summed E-state index contributed by atoms with van der Waals surface area (Å²) >= 11 is 5.77. The van der Waals surface area contributed by atoms with E-state index in [0.717, 1.165) is 16.0 Å². The maximum absolute atomic E-state index is 13.5. The molecular weight excluding hydrogens is 457 g/mol. The fourth-order valence-electron chi connectivity index (χ4n) is 3.48. The van der Waals surface area contributed by atoms with Crippen LogP contribution in [0.15, 0.2) is 52.8 Å². The Bertz CT molecular complexity index is 1170. The molecule has 2 aromatic rings. The van der Waals surface area contributed by atoms with Gasteiger partial charge in [-0.1, -0.05) is 16.8 Å². The number of imide groups is 1. The highest BCUT2D eigenvalue weighted by Crippen LogP contribution is 2.33. The third-order valence-electron chi connectivity index (χ3n) is 5.00. The number of hydrogen-bond acceptors (Lipinski definition) is 8. The molecule has 1 fully saturated rings. The number of halogens is 2. The molecular formula is C21H17ClFN5O5. The molecule has 170 valence electrons. The van der Waals surface area contributed by atoms with E-state index in [2.05, 4.69) is 15.7 Å². The summed E-state index contributed by atoms with van der Waals surface area (Å²) in [5, 5.41) is 11.1. The Labute approximate surface area is 191 Å². The third kappa shape index (κ3) is 4.27. The number of rotatable bonds is 6. The number of carbonyl (C=O) groups excluding carboxylic acids is 4. The van der Waals surface area contributed by atoms with E-state index in [0.29, 0.717) is 11.3 Å². The number of hydrogen-bond donors (Lipinski definition) is 1. The van der Waals surface area contributed by atoms with E-state index < -0.39 is 41.6 Å². The van der Waals surface area contributed by atoms with Gasteiger partial charge in [-0.25, -0.2) is 14.1 Å². The van der Waals surface area contributed by atoms with Gasteiger partial charge in [0.1, 0.15) is 12.4 Å². The molecule has 2 aliphatic heterocycles. The maximum Gasteiger partial charge on any atom is 0.338 e. The lowest BCUT2D eigenvalue weighted by Crippen LogP contribution is -2.43. The predicted octanol–water partition coefficient (Wildman–Crippen LogP) is 2.59. The summed E-state index contributed by atoms with van der Waals surface area (Å²) in [6.45, 7) is 1.60. The lowest BCUT2D eigenvalue weighted by Gasteiger charge is -2.20. The number of fused-ring (bicyclic) bond motifs is 1. The summed E-state index contributed by atoms with van der Waals surface area (Å²) in [6.07, 6.45) is 0. The Balaban J connectivity index is 1.42. The Kier molecular flexibility index (Phi) is 6.05. The summed E-state index contributed by atoms with van der Waals surface area (Å²) < 4.78 is 18.4. The van der Waals surface area contributed by atoms with E-state index in [-0.39, 0.29) is 23.9 Å². The normalized spacial score (nSPS) is 19.1. The van der Waals surface area contributed by atoms with Crippen molar-refractivity contribution in [2.75, 3.05) is 23.4 Å². The molecule has 0 bridgehead atoms. The van der Waals surface area contributed by atoms with Crippen molar-refractivity contribution in [1.82, 2.24) is 5.01 Å². The van der Waals surface area contributed by atoms with Crippen molar-refractivity contribution in [2.45, 2.75) is 19.0 Å². The highest BCUT2D eigenvalue weighted by atomic mass is 35.5. The number of carbonyl (C=O) groups is 4. The zero-order valence-corrected chi connectivity index (χ0v) is 18.0. The van der Waals surface area contributed by atoms with Gasteiger partial charge in [-0.15, -0.1) is 0 Å². The Morgan fingerprint density at radius 2 is 1.88 bits per heavy atom. The van der Waals surface area contributed by atoms with Gasteiger partial charge in [0, 0.05) is 5.69 Å². The average Bonchev–Trinajstić information content (AvgIpc) is 3.30. The van der Waals surface area contributed by atoms with Crippen LogP contribution in [0, 0.1) is 5.82 Å². The van der Waals surface area contributed by atoms with Crippen molar-refractivity contribution in [1.29, 1.82) is 0 Å². The molecule has 33 heavy (non-hydrogen) atoms. The Morgan fingerprint density at radius 1 is 1.15 bits per heavy atom. The third-order valence-corrected chi connectivity index (χ3v) is 5.29. The quantitative estimate of drug-likeness (QED) is 0.508. The first-order valence-corrected chi connectivity index (χ1v) is 10.2. The van der Waals surface area contributed by atoms with Crippen LogP contribution < -0.4 is 10.2 Å². The van der Waals surface area contributed by atoms with Gasteiger partial charge in [-0.2, -0.15) is 5.11 Å². The van der Waals surface area contributed by atoms with Gasteiger partial charge in [0.15, 0.2) is 12.1 Å². The summed E-state index contributed by atoms with van der Waals surface area (Å²) in [6, 6.07) is 7.33. The first kappa shape index (κ1) is 22.3. The highest BCUT2D eigenvalue weighted by Gasteiger charge is 2.55. The summed E-state index contributed by atoms with van der Waals surface area (Å²) in [7, 11) is 0. The largest absolute Gasteiger partial charge is 0.462 e. The molecule has 0 aliphatic carbocycles. The number of benzene rings is 2. The number of amides is 3. The number of anilines is 2. The van der Waals surface area contributed by atoms with E-state index in [4.69, 9.17) is 16.3 Å². The molecule has 4 rings (SSSR count). The lowest BCUT2D eigenvalue weighted by molar-refractivity contribution is -0.123. The number of nitrogens with zero attached hydrogens (tertiary/aromatic N) is 4. The number of nitrogens with one attached hydrogen (secondary N) is 1. The number of ether oxygens (including phenoxy) is 1. The Hall–Kier alpha value is -3.86. The molecule has 2 atom stereocenters. The summed E-state index contributed by atoms with van der Waals surface area (Å²) in [5.41, 5.74) is 0.853. The first-order valence-electron chi connectivity index (χ1n) is 9.87. The van der Waals surface area contributed by atoms with E-state index >= 15 is 0 Å². The fourth-order valence-corrected chi connectivity index (χ4v) is 3.66. The SMILES string of the molecule is CCOC(=O)c1ccc(NC(=O)CN2N=N[C@H]3C(=O)N(c4ccc(F)c(Cl)c4)C(=O)[C@@H]32)cc1. The average molecular weight is 474 g/mol. The molecule has 0 spiro atoms. The van der Waals surface area contributed by atoms with E-state index in [1.807, 2.05) is 0 Å². The van der Waals surface area contributed by atoms with Crippen molar-refractivity contribution < 1.29 is 28.3 Å². The molecule has 1 saturated heterocycles. The fraction of sp³-hybridized carbons (Fsp3) is 0.238. The molecule has 12 heteroatoms. The minimum Gasteiger partial charge on any atom is -0.462 e. The minimum absolute atomic E-state index is 0.104. The van der Waals surface area contributed by atoms with Crippen LogP contribution in [-0.2, 0) is 19.1 Å². The minimum atomic E-state index is -1.11. The van der Waals surface area contributed by atoms with Crippen molar-refractivity contribution in [3.8, 4) is 0 Å². The smallest absolute Gasteiger partial charge is 0.338 e. The highest BCUT2D eigenvalue weighted by molar-refractivity contribution is 6.32. The van der Waals surface area contributed by atoms with Gasteiger partial charge >= 0.3 is 5.97 Å². The van der Waals surface area contributed by atoms with Crippen LogP contribution in [0.3, 0.4) is 0 Å². The second-order valence-corrected chi connectivity index (χ2v) is 7.56.